The smallest absolute Gasteiger partial charge is 0.240 e. The minimum Gasteiger partial charge on any atom is -0.376 e. The molecule has 16 heavy (non-hydrogen) atoms. The first-order valence-electron chi connectivity index (χ1n) is 6.26. The van der Waals surface area contributed by atoms with Crippen LogP contribution in [-0.2, 0) is 9.53 Å². The van der Waals surface area contributed by atoms with Crippen molar-refractivity contribution in [1.82, 2.24) is 4.90 Å². The highest BCUT2D eigenvalue weighted by molar-refractivity contribution is 6.30. The van der Waals surface area contributed by atoms with E-state index in [0.29, 0.717) is 0 Å². The molecule has 0 aromatic heterocycles. The Morgan fingerprint density at radius 2 is 2.19 bits per heavy atom. The standard InChI is InChI=1S/C12H20ClNO2/c1-9(13)12(15)14-7-4-5-10(14)11-6-2-3-8-16-11/h9-11H,2-8H2,1H3. The van der Waals surface area contributed by atoms with E-state index in [0.717, 1.165) is 38.8 Å². The van der Waals surface area contributed by atoms with E-state index in [-0.39, 0.29) is 18.1 Å². The molecule has 2 fully saturated rings. The zero-order chi connectivity index (χ0) is 11.5. The summed E-state index contributed by atoms with van der Waals surface area (Å²) in [7, 11) is 0. The number of hydrogen-bond donors (Lipinski definition) is 0. The van der Waals surface area contributed by atoms with E-state index in [4.69, 9.17) is 16.3 Å². The second-order valence-corrected chi connectivity index (χ2v) is 5.42. The van der Waals surface area contributed by atoms with Crippen molar-refractivity contribution in [3.63, 3.8) is 0 Å². The zero-order valence-corrected chi connectivity index (χ0v) is 10.6. The molecule has 2 heterocycles. The molecule has 0 aromatic rings. The van der Waals surface area contributed by atoms with E-state index in [2.05, 4.69) is 0 Å². The lowest BCUT2D eigenvalue weighted by Gasteiger charge is -2.34. The van der Waals surface area contributed by atoms with Crippen molar-refractivity contribution in [3.05, 3.63) is 0 Å². The number of hydrogen-bond acceptors (Lipinski definition) is 2. The van der Waals surface area contributed by atoms with Crippen molar-refractivity contribution in [1.29, 1.82) is 0 Å². The summed E-state index contributed by atoms with van der Waals surface area (Å²) in [4.78, 5) is 13.9. The van der Waals surface area contributed by atoms with Crippen molar-refractivity contribution in [2.24, 2.45) is 0 Å². The van der Waals surface area contributed by atoms with Crippen LogP contribution in [0.1, 0.15) is 39.0 Å². The topological polar surface area (TPSA) is 29.5 Å². The van der Waals surface area contributed by atoms with Crippen LogP contribution in [0.3, 0.4) is 0 Å². The number of likely N-dealkylation sites (tertiary alicyclic amines) is 1. The maximum Gasteiger partial charge on any atom is 0.240 e. The highest BCUT2D eigenvalue weighted by Gasteiger charge is 2.36. The number of ether oxygens (including phenoxy) is 1. The summed E-state index contributed by atoms with van der Waals surface area (Å²) in [5, 5.41) is -0.413. The molecule has 2 aliphatic rings. The fourth-order valence-electron chi connectivity index (χ4n) is 2.75. The van der Waals surface area contributed by atoms with Crippen LogP contribution in [0, 0.1) is 0 Å². The van der Waals surface area contributed by atoms with Crippen LogP contribution >= 0.6 is 11.6 Å². The number of carbonyl (C=O) groups excluding carboxylic acids is 1. The molecule has 0 aromatic carbocycles. The van der Waals surface area contributed by atoms with Crippen molar-refractivity contribution in [2.75, 3.05) is 13.2 Å². The molecule has 0 N–H and O–H groups in total. The highest BCUT2D eigenvalue weighted by atomic mass is 35.5. The quantitative estimate of drug-likeness (QED) is 0.698. The Balaban J connectivity index is 1.99. The summed E-state index contributed by atoms with van der Waals surface area (Å²) in [5.41, 5.74) is 0. The van der Waals surface area contributed by atoms with Crippen LogP contribution in [0.5, 0.6) is 0 Å². The number of carbonyl (C=O) groups is 1. The van der Waals surface area contributed by atoms with Gasteiger partial charge in [-0.2, -0.15) is 0 Å². The molecule has 2 rings (SSSR count). The van der Waals surface area contributed by atoms with Crippen LogP contribution in [0.4, 0.5) is 0 Å². The average molecular weight is 246 g/mol. The number of rotatable bonds is 2. The summed E-state index contributed by atoms with van der Waals surface area (Å²) >= 11 is 5.88. The van der Waals surface area contributed by atoms with Crippen LogP contribution in [0.25, 0.3) is 0 Å². The molecule has 0 radical (unpaired) electrons. The summed E-state index contributed by atoms with van der Waals surface area (Å²) in [6, 6.07) is 0.272. The molecular weight excluding hydrogens is 226 g/mol. The minimum absolute atomic E-state index is 0.0679. The van der Waals surface area contributed by atoms with Gasteiger partial charge in [0.05, 0.1) is 12.1 Å². The molecule has 1 amide bonds. The third-order valence-corrected chi connectivity index (χ3v) is 3.75. The number of amides is 1. The van der Waals surface area contributed by atoms with Gasteiger partial charge in [0.15, 0.2) is 0 Å². The third kappa shape index (κ3) is 2.51. The second-order valence-electron chi connectivity index (χ2n) is 4.76. The molecule has 0 bridgehead atoms. The molecule has 2 aliphatic heterocycles. The van der Waals surface area contributed by atoms with Gasteiger partial charge < -0.3 is 9.64 Å². The van der Waals surface area contributed by atoms with Crippen LogP contribution in [0.2, 0.25) is 0 Å². The van der Waals surface area contributed by atoms with Gasteiger partial charge in [-0.3, -0.25) is 4.79 Å². The second kappa shape index (κ2) is 5.37. The maximum absolute atomic E-state index is 11.9. The summed E-state index contributed by atoms with van der Waals surface area (Å²) in [6.45, 7) is 3.45. The molecular formula is C12H20ClNO2. The van der Waals surface area contributed by atoms with Crippen LogP contribution in [0.15, 0.2) is 0 Å². The Kier molecular flexibility index (Phi) is 4.09. The fraction of sp³-hybridized carbons (Fsp3) is 0.917. The van der Waals surface area contributed by atoms with Gasteiger partial charge in [0.2, 0.25) is 5.91 Å². The van der Waals surface area contributed by atoms with Crippen molar-refractivity contribution < 1.29 is 9.53 Å². The van der Waals surface area contributed by atoms with Crippen LogP contribution in [-0.4, -0.2) is 41.5 Å². The summed E-state index contributed by atoms with van der Waals surface area (Å²) in [6.07, 6.45) is 5.86. The SMILES string of the molecule is CC(Cl)C(=O)N1CCCC1C1CCCCO1. The molecule has 0 spiro atoms. The van der Waals surface area contributed by atoms with Crippen molar-refractivity contribution in [3.8, 4) is 0 Å². The number of nitrogens with zero attached hydrogens (tertiary/aromatic N) is 1. The predicted molar refractivity (Wildman–Crippen MR) is 63.6 cm³/mol. The van der Waals surface area contributed by atoms with Gasteiger partial charge >= 0.3 is 0 Å². The number of alkyl halides is 1. The van der Waals surface area contributed by atoms with Crippen LogP contribution < -0.4 is 0 Å². The zero-order valence-electron chi connectivity index (χ0n) is 9.82. The lowest BCUT2D eigenvalue weighted by atomic mass is 10.00. The monoisotopic (exact) mass is 245 g/mol. The highest BCUT2D eigenvalue weighted by Crippen LogP contribution is 2.28. The van der Waals surface area contributed by atoms with Crippen molar-refractivity contribution in [2.45, 2.75) is 56.6 Å². The van der Waals surface area contributed by atoms with Gasteiger partial charge in [0, 0.05) is 13.2 Å². The Morgan fingerprint density at radius 1 is 1.38 bits per heavy atom. The van der Waals surface area contributed by atoms with E-state index >= 15 is 0 Å². The van der Waals surface area contributed by atoms with Gasteiger partial charge in [-0.25, -0.2) is 0 Å². The normalized spacial score (nSPS) is 32.8. The summed E-state index contributed by atoms with van der Waals surface area (Å²) < 4.78 is 5.79. The number of halogens is 1. The van der Waals surface area contributed by atoms with Gasteiger partial charge in [-0.15, -0.1) is 11.6 Å². The maximum atomic E-state index is 11.9. The first-order valence-corrected chi connectivity index (χ1v) is 6.70. The van der Waals surface area contributed by atoms with Gasteiger partial charge in [0.1, 0.15) is 5.38 Å². The molecule has 3 nitrogen and oxygen atoms in total. The summed E-state index contributed by atoms with van der Waals surface area (Å²) in [5.74, 6) is 0.0679. The van der Waals surface area contributed by atoms with Gasteiger partial charge in [0.25, 0.3) is 0 Å². The molecule has 92 valence electrons. The largest absolute Gasteiger partial charge is 0.376 e. The van der Waals surface area contributed by atoms with Gasteiger partial charge in [-0.1, -0.05) is 0 Å². The van der Waals surface area contributed by atoms with Crippen molar-refractivity contribution >= 4 is 17.5 Å². The molecule has 4 heteroatoms. The van der Waals surface area contributed by atoms with E-state index in [1.165, 1.54) is 6.42 Å². The van der Waals surface area contributed by atoms with E-state index in [9.17, 15) is 4.79 Å². The third-order valence-electron chi connectivity index (χ3n) is 3.57. The minimum atomic E-state index is -0.413. The lowest BCUT2D eigenvalue weighted by molar-refractivity contribution is -0.135. The fourth-order valence-corrected chi connectivity index (χ4v) is 2.88. The molecule has 0 saturated carbocycles. The first-order chi connectivity index (χ1) is 7.70. The Morgan fingerprint density at radius 3 is 2.81 bits per heavy atom. The Labute approximate surface area is 102 Å². The Bertz CT molecular complexity index is 251. The average Bonchev–Trinajstić information content (AvgIpc) is 2.77. The lowest BCUT2D eigenvalue weighted by Crippen LogP contribution is -2.47. The predicted octanol–water partition coefficient (Wildman–Crippen LogP) is 2.17. The van der Waals surface area contributed by atoms with E-state index in [1.807, 2.05) is 4.90 Å². The van der Waals surface area contributed by atoms with E-state index < -0.39 is 5.38 Å². The van der Waals surface area contributed by atoms with Gasteiger partial charge in [-0.05, 0) is 39.0 Å². The Hall–Kier alpha value is -0.280. The molecule has 3 unspecified atom stereocenters. The first kappa shape index (κ1) is 12.2. The molecule has 3 atom stereocenters. The molecule has 0 aliphatic carbocycles. The molecule has 2 saturated heterocycles. The van der Waals surface area contributed by atoms with E-state index in [1.54, 1.807) is 6.92 Å².